The van der Waals surface area contributed by atoms with Gasteiger partial charge in [-0.2, -0.15) is 0 Å². The van der Waals surface area contributed by atoms with Crippen LogP contribution in [0.1, 0.15) is 25.7 Å². The lowest BCUT2D eigenvalue weighted by Gasteiger charge is -2.15. The lowest BCUT2D eigenvalue weighted by Crippen LogP contribution is -2.29. The number of ether oxygens (including phenoxy) is 1. The summed E-state index contributed by atoms with van der Waals surface area (Å²) in [4.78, 5) is -0.0183. The van der Waals surface area contributed by atoms with Crippen LogP contribution >= 0.6 is 0 Å². The number of nitrogens with one attached hydrogen (secondary N) is 1. The van der Waals surface area contributed by atoms with Crippen LogP contribution in [0.4, 0.5) is 4.39 Å². The summed E-state index contributed by atoms with van der Waals surface area (Å²) in [6, 6.07) is 4.29. The molecule has 0 aliphatic carbocycles. The average Bonchev–Trinajstić information content (AvgIpc) is 2.90. The third-order valence-corrected chi connectivity index (χ3v) is 4.64. The maximum Gasteiger partial charge on any atom is 0.316 e. The van der Waals surface area contributed by atoms with Crippen molar-refractivity contribution in [3.05, 3.63) is 35.9 Å². The molecule has 1 atom stereocenters. The molecule has 0 aliphatic heterocycles. The Morgan fingerprint density at radius 1 is 1.32 bits per heavy atom. The summed E-state index contributed by atoms with van der Waals surface area (Å²) < 4.78 is 46.7. The van der Waals surface area contributed by atoms with Crippen molar-refractivity contribution in [1.82, 2.24) is 19.5 Å². The van der Waals surface area contributed by atoms with Crippen molar-refractivity contribution in [2.75, 3.05) is 7.11 Å². The number of nitrogens with zero attached hydrogens (tertiary/aromatic N) is 3. The lowest BCUT2D eigenvalue weighted by atomic mass is 10.3. The molecule has 0 radical (unpaired) electrons. The van der Waals surface area contributed by atoms with Crippen molar-refractivity contribution in [3.8, 4) is 6.01 Å². The quantitative estimate of drug-likeness (QED) is 0.868. The summed E-state index contributed by atoms with van der Waals surface area (Å²) in [6.45, 7) is 4.06. The van der Waals surface area contributed by atoms with Gasteiger partial charge in [-0.25, -0.2) is 17.5 Å². The molecule has 0 unspecified atom stereocenters. The van der Waals surface area contributed by atoms with E-state index in [9.17, 15) is 12.8 Å². The molecule has 120 valence electrons. The Kier molecular flexibility index (Phi) is 4.77. The first-order chi connectivity index (χ1) is 10.4. The second kappa shape index (κ2) is 6.41. The minimum absolute atomic E-state index is 0.0183. The second-order valence-corrected chi connectivity index (χ2v) is 6.30. The summed E-state index contributed by atoms with van der Waals surface area (Å²) >= 11 is 0. The van der Waals surface area contributed by atoms with Crippen LogP contribution in [-0.4, -0.2) is 30.3 Å². The molecule has 0 aliphatic rings. The van der Waals surface area contributed by atoms with E-state index in [-0.39, 0.29) is 4.90 Å². The third kappa shape index (κ3) is 3.25. The van der Waals surface area contributed by atoms with Gasteiger partial charge in [-0.05, 0) is 38.1 Å². The van der Waals surface area contributed by atoms with Crippen molar-refractivity contribution < 1.29 is 17.5 Å². The monoisotopic (exact) mass is 328 g/mol. The number of halogens is 1. The molecule has 22 heavy (non-hydrogen) atoms. The number of hydrogen-bond donors (Lipinski definition) is 1. The molecular formula is C13H17FN4O3S. The smallest absolute Gasteiger partial charge is 0.316 e. The van der Waals surface area contributed by atoms with Gasteiger partial charge < -0.3 is 4.74 Å². The van der Waals surface area contributed by atoms with Crippen LogP contribution in [-0.2, 0) is 16.6 Å². The molecule has 1 N–H and O–H groups in total. The van der Waals surface area contributed by atoms with E-state index in [4.69, 9.17) is 4.74 Å². The molecule has 0 amide bonds. The van der Waals surface area contributed by atoms with Crippen LogP contribution in [0.15, 0.2) is 29.2 Å². The maximum absolute atomic E-state index is 12.9. The number of aromatic nitrogens is 3. The first kappa shape index (κ1) is 16.4. The highest BCUT2D eigenvalue weighted by atomic mass is 32.2. The summed E-state index contributed by atoms with van der Waals surface area (Å²) in [5.41, 5.74) is 0. The van der Waals surface area contributed by atoms with E-state index < -0.39 is 21.9 Å². The Morgan fingerprint density at radius 3 is 2.50 bits per heavy atom. The molecule has 0 saturated carbocycles. The predicted octanol–water partition coefficient (Wildman–Crippen LogP) is 1.49. The van der Waals surface area contributed by atoms with Crippen LogP contribution < -0.4 is 9.46 Å². The van der Waals surface area contributed by atoms with Crippen molar-refractivity contribution in [1.29, 1.82) is 0 Å². The van der Waals surface area contributed by atoms with Crippen LogP contribution in [0.2, 0.25) is 0 Å². The molecule has 0 spiro atoms. The molecule has 0 saturated heterocycles. The van der Waals surface area contributed by atoms with Crippen molar-refractivity contribution in [2.45, 2.75) is 31.3 Å². The number of benzene rings is 1. The zero-order valence-electron chi connectivity index (χ0n) is 12.4. The first-order valence-corrected chi connectivity index (χ1v) is 8.12. The fourth-order valence-electron chi connectivity index (χ4n) is 2.04. The topological polar surface area (TPSA) is 86.1 Å². The number of sulfonamides is 1. The lowest BCUT2D eigenvalue weighted by molar-refractivity contribution is 0.354. The molecule has 1 heterocycles. The molecule has 2 aromatic rings. The van der Waals surface area contributed by atoms with Crippen LogP contribution in [0.25, 0.3) is 0 Å². The van der Waals surface area contributed by atoms with Gasteiger partial charge in [0.05, 0.1) is 18.0 Å². The minimum atomic E-state index is -3.79. The van der Waals surface area contributed by atoms with Crippen molar-refractivity contribution in [3.63, 3.8) is 0 Å². The van der Waals surface area contributed by atoms with Gasteiger partial charge in [0.15, 0.2) is 5.82 Å². The molecule has 1 aromatic carbocycles. The van der Waals surface area contributed by atoms with E-state index in [0.29, 0.717) is 18.4 Å². The van der Waals surface area contributed by atoms with Crippen LogP contribution in [0.3, 0.4) is 0 Å². The Bertz CT molecular complexity index is 743. The summed E-state index contributed by atoms with van der Waals surface area (Å²) in [5.74, 6) is -0.0625. The van der Waals surface area contributed by atoms with E-state index in [1.54, 1.807) is 11.5 Å². The molecule has 0 fully saturated rings. The van der Waals surface area contributed by atoms with E-state index in [1.807, 2.05) is 6.92 Å². The zero-order chi connectivity index (χ0) is 16.3. The van der Waals surface area contributed by atoms with E-state index >= 15 is 0 Å². The largest absolute Gasteiger partial charge is 0.467 e. The Balaban J connectivity index is 2.26. The van der Waals surface area contributed by atoms with Gasteiger partial charge in [0.25, 0.3) is 0 Å². The van der Waals surface area contributed by atoms with Gasteiger partial charge in [0.1, 0.15) is 5.82 Å². The second-order valence-electron chi connectivity index (χ2n) is 4.59. The summed E-state index contributed by atoms with van der Waals surface area (Å²) in [5, 5.41) is 7.80. The average molecular weight is 328 g/mol. The van der Waals surface area contributed by atoms with E-state index in [0.717, 1.165) is 12.1 Å². The number of rotatable bonds is 6. The van der Waals surface area contributed by atoms with Gasteiger partial charge in [-0.1, -0.05) is 5.10 Å². The first-order valence-electron chi connectivity index (χ1n) is 6.64. The Labute approximate surface area is 128 Å². The van der Waals surface area contributed by atoms with Gasteiger partial charge >= 0.3 is 6.01 Å². The Morgan fingerprint density at radius 2 is 1.95 bits per heavy atom. The van der Waals surface area contributed by atoms with Crippen molar-refractivity contribution >= 4 is 10.0 Å². The molecule has 7 nitrogen and oxygen atoms in total. The number of hydrogen-bond acceptors (Lipinski definition) is 5. The standard InChI is InChI=1S/C13H17FN4O3S/c1-4-18-12(15-16-13(18)21-3)9(2)17-22(19,20)11-7-5-10(14)6-8-11/h5-9,17H,4H2,1-3H3/t9-/m1/s1. The third-order valence-electron chi connectivity index (χ3n) is 3.09. The molecule has 2 rings (SSSR count). The van der Waals surface area contributed by atoms with Gasteiger partial charge in [-0.15, -0.1) is 5.10 Å². The highest BCUT2D eigenvalue weighted by molar-refractivity contribution is 7.89. The zero-order valence-corrected chi connectivity index (χ0v) is 13.3. The van der Waals surface area contributed by atoms with Gasteiger partial charge in [0, 0.05) is 6.54 Å². The highest BCUT2D eigenvalue weighted by Gasteiger charge is 2.23. The molecule has 0 bridgehead atoms. The fourth-order valence-corrected chi connectivity index (χ4v) is 3.24. The normalized spacial score (nSPS) is 13.1. The van der Waals surface area contributed by atoms with Crippen molar-refractivity contribution in [2.24, 2.45) is 0 Å². The minimum Gasteiger partial charge on any atom is -0.467 e. The molecular weight excluding hydrogens is 311 g/mol. The highest BCUT2D eigenvalue weighted by Crippen LogP contribution is 2.19. The van der Waals surface area contributed by atoms with Crippen LogP contribution in [0, 0.1) is 5.82 Å². The van der Waals surface area contributed by atoms with E-state index in [1.165, 1.54) is 19.2 Å². The summed E-state index contributed by atoms with van der Waals surface area (Å²) in [7, 11) is -2.32. The van der Waals surface area contributed by atoms with Gasteiger partial charge in [-0.3, -0.25) is 4.57 Å². The summed E-state index contributed by atoms with van der Waals surface area (Å²) in [6.07, 6.45) is 0. The Hall–Kier alpha value is -2.00. The van der Waals surface area contributed by atoms with Crippen LogP contribution in [0.5, 0.6) is 6.01 Å². The van der Waals surface area contributed by atoms with Gasteiger partial charge in [0.2, 0.25) is 10.0 Å². The maximum atomic E-state index is 12.9. The fraction of sp³-hybridized carbons (Fsp3) is 0.385. The molecule has 9 heteroatoms. The predicted molar refractivity (Wildman–Crippen MR) is 77.4 cm³/mol. The molecule has 1 aromatic heterocycles. The number of methoxy groups -OCH3 is 1. The van der Waals surface area contributed by atoms with E-state index in [2.05, 4.69) is 14.9 Å². The SMILES string of the molecule is CCn1c(OC)nnc1[C@@H](C)NS(=O)(=O)c1ccc(F)cc1.